The molecule has 0 spiro atoms. The maximum atomic E-state index is 13.6. The van der Waals surface area contributed by atoms with Gasteiger partial charge in [-0.15, -0.1) is 0 Å². The van der Waals surface area contributed by atoms with Crippen LogP contribution in [-0.2, 0) is 22.6 Å². The van der Waals surface area contributed by atoms with E-state index in [9.17, 15) is 24.1 Å². The second-order valence-electron chi connectivity index (χ2n) is 9.01. The summed E-state index contributed by atoms with van der Waals surface area (Å²) in [6.07, 6.45) is 1.43. The van der Waals surface area contributed by atoms with Gasteiger partial charge in [0.05, 0.1) is 17.6 Å². The van der Waals surface area contributed by atoms with Crippen molar-refractivity contribution in [2.75, 3.05) is 19.7 Å². The molecule has 9 nitrogen and oxygen atoms in total. The maximum Gasteiger partial charge on any atom is 0.269 e. The summed E-state index contributed by atoms with van der Waals surface area (Å²) in [7, 11) is 0. The molecule has 0 bridgehead atoms. The van der Waals surface area contributed by atoms with Crippen LogP contribution in [0.2, 0.25) is 0 Å². The summed E-state index contributed by atoms with van der Waals surface area (Å²) in [4.78, 5) is 40.4. The van der Waals surface area contributed by atoms with E-state index >= 15 is 0 Å². The molecule has 2 aromatic carbocycles. The van der Waals surface area contributed by atoms with Crippen molar-refractivity contribution in [1.82, 2.24) is 9.80 Å². The van der Waals surface area contributed by atoms with Crippen LogP contribution in [0, 0.1) is 22.9 Å². The van der Waals surface area contributed by atoms with Gasteiger partial charge in [0.2, 0.25) is 5.91 Å². The third kappa shape index (κ3) is 7.01. The molecule has 0 radical (unpaired) electrons. The molecular formula is C27H28FN3O6. The fourth-order valence-corrected chi connectivity index (χ4v) is 4.23. The Kier molecular flexibility index (Phi) is 8.29. The van der Waals surface area contributed by atoms with E-state index in [0.717, 1.165) is 18.4 Å². The quantitative estimate of drug-likeness (QED) is 0.295. The highest BCUT2D eigenvalue weighted by Gasteiger charge is 2.28. The second kappa shape index (κ2) is 11.8. The maximum absolute atomic E-state index is 13.6. The lowest BCUT2D eigenvalue weighted by atomic mass is 10.1. The number of nitrogens with zero attached hydrogens (tertiary/aromatic N) is 3. The molecule has 1 aliphatic rings. The molecule has 1 saturated heterocycles. The van der Waals surface area contributed by atoms with E-state index in [1.54, 1.807) is 29.2 Å². The molecule has 1 atom stereocenters. The van der Waals surface area contributed by atoms with Crippen LogP contribution >= 0.6 is 0 Å². The number of carbonyl (C=O) groups is 2. The Bertz CT molecular complexity index is 1240. The summed E-state index contributed by atoms with van der Waals surface area (Å²) in [6, 6.07) is 14.8. The van der Waals surface area contributed by atoms with Gasteiger partial charge >= 0.3 is 0 Å². The van der Waals surface area contributed by atoms with E-state index in [2.05, 4.69) is 0 Å². The first kappa shape index (κ1) is 26.0. The smallest absolute Gasteiger partial charge is 0.269 e. The molecule has 3 aromatic rings. The number of hydrogen-bond acceptors (Lipinski definition) is 6. The Morgan fingerprint density at radius 2 is 1.76 bits per heavy atom. The van der Waals surface area contributed by atoms with E-state index < -0.39 is 10.8 Å². The zero-order valence-corrected chi connectivity index (χ0v) is 20.5. The number of ether oxygens (including phenoxy) is 1. The van der Waals surface area contributed by atoms with Crippen molar-refractivity contribution < 1.29 is 28.1 Å². The van der Waals surface area contributed by atoms with Gasteiger partial charge in [-0.05, 0) is 61.7 Å². The van der Waals surface area contributed by atoms with E-state index in [0.29, 0.717) is 18.1 Å². The molecule has 10 heteroatoms. The Labute approximate surface area is 213 Å². The van der Waals surface area contributed by atoms with E-state index in [4.69, 9.17) is 9.15 Å². The second-order valence-corrected chi connectivity index (χ2v) is 9.01. The van der Waals surface area contributed by atoms with Gasteiger partial charge in [0.15, 0.2) is 0 Å². The Hall–Kier alpha value is -4.05. The lowest BCUT2D eigenvalue weighted by Crippen LogP contribution is -2.45. The predicted molar refractivity (Wildman–Crippen MR) is 132 cm³/mol. The SMILES string of the molecule is Cc1ccc(CN(Cc2ccc(F)cc2)C(=O)CN(CC2CCCO2)C(=O)c2ccc([N+](=O)[O-])cc2)o1. The van der Waals surface area contributed by atoms with Crippen LogP contribution in [0.25, 0.3) is 0 Å². The first-order valence-corrected chi connectivity index (χ1v) is 12.0. The zero-order chi connectivity index (χ0) is 26.4. The summed E-state index contributed by atoms with van der Waals surface area (Å²) in [5.74, 6) is 0.165. The van der Waals surface area contributed by atoms with Crippen LogP contribution in [-0.4, -0.2) is 52.3 Å². The number of halogens is 1. The lowest BCUT2D eigenvalue weighted by Gasteiger charge is -2.29. The summed E-state index contributed by atoms with van der Waals surface area (Å²) in [6.45, 7) is 2.75. The van der Waals surface area contributed by atoms with E-state index in [1.807, 2.05) is 6.92 Å². The number of benzene rings is 2. The summed E-state index contributed by atoms with van der Waals surface area (Å²) in [5.41, 5.74) is 0.839. The Morgan fingerprint density at radius 3 is 2.35 bits per heavy atom. The molecule has 2 amide bonds. The van der Waals surface area contributed by atoms with Crippen molar-refractivity contribution in [3.8, 4) is 0 Å². The largest absolute Gasteiger partial charge is 0.464 e. The van der Waals surface area contributed by atoms with Crippen molar-refractivity contribution in [3.63, 3.8) is 0 Å². The average Bonchev–Trinajstić information content (AvgIpc) is 3.55. The Morgan fingerprint density at radius 1 is 1.03 bits per heavy atom. The lowest BCUT2D eigenvalue weighted by molar-refractivity contribution is -0.384. The highest BCUT2D eigenvalue weighted by Crippen LogP contribution is 2.19. The molecule has 1 unspecified atom stereocenters. The number of nitro benzene ring substituents is 1. The van der Waals surface area contributed by atoms with Gasteiger partial charge in [0.1, 0.15) is 23.9 Å². The molecule has 194 valence electrons. The topological polar surface area (TPSA) is 106 Å². The number of nitro groups is 1. The molecule has 1 aliphatic heterocycles. The van der Waals surface area contributed by atoms with Gasteiger partial charge in [-0.3, -0.25) is 19.7 Å². The minimum absolute atomic E-state index is 0.127. The van der Waals surface area contributed by atoms with Crippen LogP contribution in [0.4, 0.5) is 10.1 Å². The van der Waals surface area contributed by atoms with Crippen LogP contribution in [0.1, 0.15) is 40.3 Å². The average molecular weight is 510 g/mol. The number of amides is 2. The fourth-order valence-electron chi connectivity index (χ4n) is 4.23. The van der Waals surface area contributed by atoms with Crippen molar-refractivity contribution in [3.05, 3.63) is 99.2 Å². The van der Waals surface area contributed by atoms with Crippen LogP contribution in [0.5, 0.6) is 0 Å². The minimum Gasteiger partial charge on any atom is -0.464 e. The standard InChI is InChI=1S/C27H28FN3O6/c1-19-4-13-25(37-19)17-29(15-20-5-9-22(28)10-6-20)26(32)18-30(16-24-3-2-14-36-24)27(33)21-7-11-23(12-8-21)31(34)35/h4-13,24H,2-3,14-18H2,1H3. The number of aryl methyl sites for hydroxylation is 1. The number of furan rings is 1. The van der Waals surface area contributed by atoms with Gasteiger partial charge in [0, 0.05) is 37.4 Å². The number of carbonyl (C=O) groups excluding carboxylic acids is 2. The van der Waals surface area contributed by atoms with Gasteiger partial charge < -0.3 is 19.0 Å². The van der Waals surface area contributed by atoms with Gasteiger partial charge in [-0.2, -0.15) is 0 Å². The number of hydrogen-bond donors (Lipinski definition) is 0. The van der Waals surface area contributed by atoms with Crippen molar-refractivity contribution in [2.45, 2.75) is 39.0 Å². The molecule has 0 aliphatic carbocycles. The summed E-state index contributed by atoms with van der Waals surface area (Å²) in [5, 5.41) is 11.0. The molecule has 0 saturated carbocycles. The van der Waals surface area contributed by atoms with Crippen LogP contribution < -0.4 is 0 Å². The first-order valence-electron chi connectivity index (χ1n) is 12.0. The number of rotatable bonds is 10. The van der Waals surface area contributed by atoms with Gasteiger partial charge in [-0.25, -0.2) is 4.39 Å². The summed E-state index contributed by atoms with van der Waals surface area (Å²) >= 11 is 0. The van der Waals surface area contributed by atoms with E-state index in [-0.39, 0.29) is 55.3 Å². The van der Waals surface area contributed by atoms with E-state index in [1.165, 1.54) is 41.3 Å². The van der Waals surface area contributed by atoms with Gasteiger partial charge in [0.25, 0.3) is 11.6 Å². The summed E-state index contributed by atoms with van der Waals surface area (Å²) < 4.78 is 24.8. The predicted octanol–water partition coefficient (Wildman–Crippen LogP) is 4.49. The van der Waals surface area contributed by atoms with Crippen molar-refractivity contribution in [2.24, 2.45) is 0 Å². The highest BCUT2D eigenvalue weighted by molar-refractivity contribution is 5.96. The molecule has 4 rings (SSSR count). The monoisotopic (exact) mass is 509 g/mol. The molecule has 1 aromatic heterocycles. The molecule has 2 heterocycles. The third-order valence-corrected chi connectivity index (χ3v) is 6.17. The molecular weight excluding hydrogens is 481 g/mol. The highest BCUT2D eigenvalue weighted by atomic mass is 19.1. The molecule has 1 fully saturated rings. The molecule has 0 N–H and O–H groups in total. The zero-order valence-electron chi connectivity index (χ0n) is 20.5. The Balaban J connectivity index is 1.56. The van der Waals surface area contributed by atoms with Gasteiger partial charge in [-0.1, -0.05) is 12.1 Å². The van der Waals surface area contributed by atoms with Crippen LogP contribution in [0.15, 0.2) is 65.1 Å². The first-order chi connectivity index (χ1) is 17.8. The fraction of sp³-hybridized carbons (Fsp3) is 0.333. The number of non-ortho nitro benzene ring substituents is 1. The third-order valence-electron chi connectivity index (χ3n) is 6.17. The van der Waals surface area contributed by atoms with Crippen LogP contribution in [0.3, 0.4) is 0 Å². The minimum atomic E-state index is -0.536. The van der Waals surface area contributed by atoms with Crippen molar-refractivity contribution in [1.29, 1.82) is 0 Å². The molecule has 37 heavy (non-hydrogen) atoms. The van der Waals surface area contributed by atoms with Crippen molar-refractivity contribution >= 4 is 17.5 Å². The normalized spacial score (nSPS) is 14.9.